The van der Waals surface area contributed by atoms with Crippen LogP contribution in [-0.4, -0.2) is 4.92 Å². The molecule has 0 spiro atoms. The van der Waals surface area contributed by atoms with Crippen LogP contribution in [0.3, 0.4) is 0 Å². The lowest BCUT2D eigenvalue weighted by atomic mass is 10.2. The van der Waals surface area contributed by atoms with Gasteiger partial charge in [0.1, 0.15) is 16.8 Å². The van der Waals surface area contributed by atoms with Crippen molar-refractivity contribution in [3.8, 4) is 5.75 Å². The van der Waals surface area contributed by atoms with Crippen LogP contribution in [-0.2, 0) is 12.5 Å². The molecule has 0 aromatic heterocycles. The third-order valence-electron chi connectivity index (χ3n) is 2.82. The van der Waals surface area contributed by atoms with Crippen molar-refractivity contribution >= 4 is 44.8 Å². The minimum absolute atomic E-state index is 0.00664. The molecule has 0 saturated carbocycles. The molecule has 0 unspecified atom stereocenters. The minimum atomic E-state index is -0.451. The molecule has 0 aliphatic rings. The number of ether oxygens (including phenoxy) is 1. The molecule has 0 fully saturated rings. The van der Waals surface area contributed by atoms with Crippen LogP contribution >= 0.6 is 39.1 Å². The molecule has 0 aliphatic heterocycles. The first kappa shape index (κ1) is 16.1. The van der Waals surface area contributed by atoms with Gasteiger partial charge in [0.25, 0.3) is 5.69 Å². The zero-order valence-corrected chi connectivity index (χ0v) is 13.8. The van der Waals surface area contributed by atoms with E-state index in [1.54, 1.807) is 24.3 Å². The van der Waals surface area contributed by atoms with Gasteiger partial charge in [-0.15, -0.1) is 11.6 Å². The summed E-state index contributed by atoms with van der Waals surface area (Å²) in [6.45, 7) is 0.149. The quantitative estimate of drug-likeness (QED) is 0.394. The van der Waals surface area contributed by atoms with Gasteiger partial charge >= 0.3 is 0 Å². The Kier molecular flexibility index (Phi) is 5.45. The SMILES string of the molecule is O=[N+]([O-])c1cccc(COc2c(Cl)cccc2CCl)c1Br. The maximum absolute atomic E-state index is 10.9. The summed E-state index contributed by atoms with van der Waals surface area (Å²) in [5.41, 5.74) is 1.42. The Morgan fingerprint density at radius 1 is 1.19 bits per heavy atom. The van der Waals surface area contributed by atoms with Gasteiger partial charge in [0, 0.05) is 17.2 Å². The van der Waals surface area contributed by atoms with Gasteiger partial charge in [-0.2, -0.15) is 0 Å². The van der Waals surface area contributed by atoms with Gasteiger partial charge in [0.2, 0.25) is 0 Å². The smallest absolute Gasteiger partial charge is 0.283 e. The van der Waals surface area contributed by atoms with Crippen molar-refractivity contribution in [1.82, 2.24) is 0 Å². The molecule has 0 aliphatic carbocycles. The average molecular weight is 391 g/mol. The summed E-state index contributed by atoms with van der Waals surface area (Å²) in [6, 6.07) is 10.1. The third kappa shape index (κ3) is 3.67. The van der Waals surface area contributed by atoms with Crippen LogP contribution in [0.1, 0.15) is 11.1 Å². The molecule has 21 heavy (non-hydrogen) atoms. The lowest BCUT2D eigenvalue weighted by molar-refractivity contribution is -0.385. The average Bonchev–Trinajstić information content (AvgIpc) is 2.46. The predicted octanol–water partition coefficient (Wildman–Crippen LogP) is 5.33. The maximum atomic E-state index is 10.9. The fourth-order valence-corrected chi connectivity index (χ4v) is 2.77. The minimum Gasteiger partial charge on any atom is -0.487 e. The molecule has 0 saturated heterocycles. The second kappa shape index (κ2) is 7.11. The molecule has 4 nitrogen and oxygen atoms in total. The Hall–Kier alpha value is -1.30. The summed E-state index contributed by atoms with van der Waals surface area (Å²) in [4.78, 5) is 10.4. The standard InChI is InChI=1S/C14H10BrCl2NO3/c15-13-10(4-2-6-12(13)18(19)20)8-21-14-9(7-16)3-1-5-11(14)17/h1-6H,7-8H2. The Labute approximate surface area is 139 Å². The van der Waals surface area contributed by atoms with Gasteiger partial charge < -0.3 is 4.74 Å². The van der Waals surface area contributed by atoms with E-state index in [9.17, 15) is 10.1 Å². The van der Waals surface area contributed by atoms with E-state index in [0.717, 1.165) is 5.56 Å². The zero-order chi connectivity index (χ0) is 15.4. The van der Waals surface area contributed by atoms with Crippen molar-refractivity contribution in [2.24, 2.45) is 0 Å². The predicted molar refractivity (Wildman–Crippen MR) is 86.1 cm³/mol. The molecule has 2 aromatic rings. The van der Waals surface area contributed by atoms with E-state index in [2.05, 4.69) is 15.9 Å². The van der Waals surface area contributed by atoms with Crippen LogP contribution in [0.2, 0.25) is 5.02 Å². The second-order valence-electron chi connectivity index (χ2n) is 4.16. The monoisotopic (exact) mass is 389 g/mol. The van der Waals surface area contributed by atoms with E-state index in [1.165, 1.54) is 6.07 Å². The van der Waals surface area contributed by atoms with Crippen LogP contribution in [0.4, 0.5) is 5.69 Å². The van der Waals surface area contributed by atoms with Gasteiger partial charge in [0.15, 0.2) is 0 Å². The molecule has 0 radical (unpaired) electrons. The summed E-state index contributed by atoms with van der Waals surface area (Å²) in [7, 11) is 0. The lowest BCUT2D eigenvalue weighted by Gasteiger charge is -2.12. The fourth-order valence-electron chi connectivity index (χ4n) is 1.79. The maximum Gasteiger partial charge on any atom is 0.283 e. The molecular weight excluding hydrogens is 381 g/mol. The highest BCUT2D eigenvalue weighted by molar-refractivity contribution is 9.10. The first-order valence-corrected chi connectivity index (χ1v) is 7.63. The lowest BCUT2D eigenvalue weighted by Crippen LogP contribution is -2.01. The summed E-state index contributed by atoms with van der Waals surface area (Å²) < 4.78 is 6.09. The highest BCUT2D eigenvalue weighted by Gasteiger charge is 2.16. The van der Waals surface area contributed by atoms with Gasteiger partial charge in [-0.3, -0.25) is 10.1 Å². The van der Waals surface area contributed by atoms with Gasteiger partial charge in [-0.1, -0.05) is 35.9 Å². The molecule has 2 rings (SSSR count). The molecule has 0 heterocycles. The molecule has 110 valence electrons. The molecule has 0 bridgehead atoms. The number of nitro benzene ring substituents is 1. The molecular formula is C14H10BrCl2NO3. The Bertz CT molecular complexity index is 679. The normalized spacial score (nSPS) is 10.4. The first-order chi connectivity index (χ1) is 10.0. The highest BCUT2D eigenvalue weighted by Crippen LogP contribution is 2.33. The molecule has 0 amide bonds. The largest absolute Gasteiger partial charge is 0.487 e. The van der Waals surface area contributed by atoms with Crippen molar-refractivity contribution in [1.29, 1.82) is 0 Å². The summed E-state index contributed by atoms with van der Waals surface area (Å²) in [5.74, 6) is 0.763. The number of nitro groups is 1. The highest BCUT2D eigenvalue weighted by atomic mass is 79.9. The van der Waals surface area contributed by atoms with Crippen molar-refractivity contribution in [2.45, 2.75) is 12.5 Å². The number of nitrogens with zero attached hydrogens (tertiary/aromatic N) is 1. The number of rotatable bonds is 5. The van der Waals surface area contributed by atoms with E-state index in [4.69, 9.17) is 27.9 Å². The Morgan fingerprint density at radius 2 is 1.86 bits per heavy atom. The van der Waals surface area contributed by atoms with Crippen LogP contribution in [0.5, 0.6) is 5.75 Å². The summed E-state index contributed by atoms with van der Waals surface area (Å²) >= 11 is 15.2. The van der Waals surface area contributed by atoms with E-state index in [-0.39, 0.29) is 18.2 Å². The van der Waals surface area contributed by atoms with Gasteiger partial charge in [-0.25, -0.2) is 0 Å². The van der Waals surface area contributed by atoms with Gasteiger partial charge in [0.05, 0.1) is 15.8 Å². The third-order valence-corrected chi connectivity index (χ3v) is 4.32. The topological polar surface area (TPSA) is 52.4 Å². The molecule has 7 heteroatoms. The molecule has 0 N–H and O–H groups in total. The number of benzene rings is 2. The first-order valence-electron chi connectivity index (χ1n) is 5.92. The number of hydrogen-bond acceptors (Lipinski definition) is 3. The fraction of sp³-hybridized carbons (Fsp3) is 0.143. The summed E-state index contributed by atoms with van der Waals surface area (Å²) in [6.07, 6.45) is 0. The van der Waals surface area contributed by atoms with Crippen molar-refractivity contribution < 1.29 is 9.66 Å². The van der Waals surface area contributed by atoms with E-state index < -0.39 is 4.92 Å². The van der Waals surface area contributed by atoms with E-state index in [1.807, 2.05) is 6.07 Å². The molecule has 2 aromatic carbocycles. The zero-order valence-electron chi connectivity index (χ0n) is 10.7. The van der Waals surface area contributed by atoms with Crippen LogP contribution in [0.15, 0.2) is 40.9 Å². The van der Waals surface area contributed by atoms with Crippen LogP contribution in [0.25, 0.3) is 0 Å². The van der Waals surface area contributed by atoms with Gasteiger partial charge in [-0.05, 0) is 22.0 Å². The summed E-state index contributed by atoms with van der Waals surface area (Å²) in [5, 5.41) is 11.4. The van der Waals surface area contributed by atoms with E-state index in [0.29, 0.717) is 20.8 Å². The molecule has 0 atom stereocenters. The number of alkyl halides is 1. The van der Waals surface area contributed by atoms with E-state index >= 15 is 0 Å². The number of para-hydroxylation sites is 1. The number of hydrogen-bond donors (Lipinski definition) is 0. The van der Waals surface area contributed by atoms with Crippen molar-refractivity contribution in [3.05, 3.63) is 67.1 Å². The Morgan fingerprint density at radius 3 is 2.52 bits per heavy atom. The van der Waals surface area contributed by atoms with Crippen LogP contribution in [0, 0.1) is 10.1 Å². The number of halogens is 3. The van der Waals surface area contributed by atoms with Crippen molar-refractivity contribution in [3.63, 3.8) is 0 Å². The Balaban J connectivity index is 2.25. The van der Waals surface area contributed by atoms with Crippen molar-refractivity contribution in [2.75, 3.05) is 0 Å². The van der Waals surface area contributed by atoms with Crippen LogP contribution < -0.4 is 4.74 Å². The second-order valence-corrected chi connectivity index (χ2v) is 5.63.